The number of rotatable bonds is 8. The van der Waals surface area contributed by atoms with E-state index >= 15 is 0 Å². The van der Waals surface area contributed by atoms with Gasteiger partial charge < -0.3 is 19.5 Å². The summed E-state index contributed by atoms with van der Waals surface area (Å²) in [6.45, 7) is 2.40. The fourth-order valence-corrected chi connectivity index (χ4v) is 4.36. The van der Waals surface area contributed by atoms with E-state index in [-0.39, 0.29) is 17.0 Å². The van der Waals surface area contributed by atoms with Crippen LogP contribution in [0.5, 0.6) is 11.5 Å². The smallest absolute Gasteiger partial charge is 0.338 e. The highest BCUT2D eigenvalue weighted by atomic mass is 32.2. The summed E-state index contributed by atoms with van der Waals surface area (Å²) < 4.78 is 44.0. The van der Waals surface area contributed by atoms with Gasteiger partial charge in [-0.3, -0.25) is 4.79 Å². The number of hydrogen-bond donors (Lipinski definition) is 2. The van der Waals surface area contributed by atoms with Crippen molar-refractivity contribution in [2.45, 2.75) is 24.5 Å². The standard InChI is InChI=1S/C25H24N2O7S/c1-17(24(28)27-20-10-11-22-23(15-20)33-13-12-32-22)34-25(29)19-8-5-9-21(14-19)35(30,31)26-16-18-6-3-2-4-7-18/h2-11,14-15,17,26H,12-13,16H2,1H3,(H,27,28). The Bertz CT molecular complexity index is 1330. The van der Waals surface area contributed by atoms with E-state index < -0.39 is 28.0 Å². The predicted molar refractivity (Wildman–Crippen MR) is 128 cm³/mol. The van der Waals surface area contributed by atoms with E-state index in [9.17, 15) is 18.0 Å². The highest BCUT2D eigenvalue weighted by Gasteiger charge is 2.22. The van der Waals surface area contributed by atoms with Gasteiger partial charge in [0, 0.05) is 18.3 Å². The number of carbonyl (C=O) groups excluding carboxylic acids is 2. The molecule has 1 unspecified atom stereocenters. The van der Waals surface area contributed by atoms with Gasteiger partial charge in [0.05, 0.1) is 10.5 Å². The van der Waals surface area contributed by atoms with Crippen molar-refractivity contribution in [3.63, 3.8) is 0 Å². The molecule has 0 saturated heterocycles. The van der Waals surface area contributed by atoms with Crippen molar-refractivity contribution in [1.82, 2.24) is 4.72 Å². The van der Waals surface area contributed by atoms with Crippen molar-refractivity contribution in [3.05, 3.63) is 83.9 Å². The second kappa shape index (κ2) is 10.6. The zero-order chi connectivity index (χ0) is 24.8. The van der Waals surface area contributed by atoms with E-state index in [2.05, 4.69) is 10.0 Å². The zero-order valence-electron chi connectivity index (χ0n) is 18.9. The maximum absolute atomic E-state index is 12.7. The zero-order valence-corrected chi connectivity index (χ0v) is 19.7. The number of amides is 1. The molecule has 3 aromatic rings. The van der Waals surface area contributed by atoms with E-state index in [0.717, 1.165) is 5.56 Å². The van der Waals surface area contributed by atoms with E-state index in [1.807, 2.05) is 18.2 Å². The third-order valence-electron chi connectivity index (χ3n) is 5.15. The molecule has 35 heavy (non-hydrogen) atoms. The number of fused-ring (bicyclic) bond motifs is 1. The Morgan fingerprint density at radius 2 is 1.69 bits per heavy atom. The number of ether oxygens (including phenoxy) is 3. The molecule has 0 aromatic heterocycles. The van der Waals surface area contributed by atoms with Gasteiger partial charge in [-0.25, -0.2) is 17.9 Å². The van der Waals surface area contributed by atoms with Gasteiger partial charge in [-0.15, -0.1) is 0 Å². The second-order valence-electron chi connectivity index (χ2n) is 7.73. The van der Waals surface area contributed by atoms with Gasteiger partial charge in [-0.1, -0.05) is 36.4 Å². The SMILES string of the molecule is CC(OC(=O)c1cccc(S(=O)(=O)NCc2ccccc2)c1)C(=O)Nc1ccc2c(c1)OCCO2. The number of anilines is 1. The molecule has 0 bridgehead atoms. The molecule has 1 aliphatic rings. The fourth-order valence-electron chi connectivity index (χ4n) is 3.29. The van der Waals surface area contributed by atoms with Crippen LogP contribution in [0.4, 0.5) is 5.69 Å². The molecule has 3 aromatic carbocycles. The van der Waals surface area contributed by atoms with Crippen molar-refractivity contribution >= 4 is 27.6 Å². The third-order valence-corrected chi connectivity index (χ3v) is 6.55. The lowest BCUT2D eigenvalue weighted by molar-refractivity contribution is -0.123. The number of nitrogens with one attached hydrogen (secondary N) is 2. The second-order valence-corrected chi connectivity index (χ2v) is 9.50. The molecule has 10 heteroatoms. The van der Waals surface area contributed by atoms with E-state index in [0.29, 0.717) is 30.4 Å². The summed E-state index contributed by atoms with van der Waals surface area (Å²) in [6.07, 6.45) is -1.13. The summed E-state index contributed by atoms with van der Waals surface area (Å²) in [5.74, 6) is -0.280. The van der Waals surface area contributed by atoms with Gasteiger partial charge >= 0.3 is 5.97 Å². The minimum atomic E-state index is -3.87. The highest BCUT2D eigenvalue weighted by molar-refractivity contribution is 7.89. The molecule has 1 atom stereocenters. The van der Waals surface area contributed by atoms with Gasteiger partial charge in [-0.2, -0.15) is 0 Å². The van der Waals surface area contributed by atoms with Crippen LogP contribution < -0.4 is 19.5 Å². The molecule has 0 spiro atoms. The van der Waals surface area contributed by atoms with Gasteiger partial charge in [0.15, 0.2) is 17.6 Å². The van der Waals surface area contributed by atoms with Crippen molar-refractivity contribution in [2.24, 2.45) is 0 Å². The molecule has 0 fully saturated rings. The molecular formula is C25H24N2O7S. The number of carbonyl (C=O) groups is 2. The Hall–Kier alpha value is -3.89. The molecule has 1 heterocycles. The van der Waals surface area contributed by atoms with Crippen molar-refractivity contribution < 1.29 is 32.2 Å². The van der Waals surface area contributed by atoms with Gasteiger partial charge in [0.1, 0.15) is 13.2 Å². The summed E-state index contributed by atoms with van der Waals surface area (Å²) in [4.78, 5) is 25.0. The van der Waals surface area contributed by atoms with Crippen LogP contribution in [0.3, 0.4) is 0 Å². The first-order valence-corrected chi connectivity index (χ1v) is 12.4. The van der Waals surface area contributed by atoms with Crippen LogP contribution in [0.2, 0.25) is 0 Å². The Kier molecular flexibility index (Phi) is 7.33. The number of benzene rings is 3. The van der Waals surface area contributed by atoms with Crippen LogP contribution in [0, 0.1) is 0 Å². The van der Waals surface area contributed by atoms with Crippen LogP contribution in [0.15, 0.2) is 77.7 Å². The fraction of sp³-hybridized carbons (Fsp3) is 0.200. The first-order valence-electron chi connectivity index (χ1n) is 10.9. The molecule has 2 N–H and O–H groups in total. The minimum absolute atomic E-state index is 0.00608. The first-order chi connectivity index (χ1) is 16.8. The lowest BCUT2D eigenvalue weighted by Gasteiger charge is -2.19. The summed E-state index contributed by atoms with van der Waals surface area (Å²) in [6, 6.07) is 19.5. The largest absolute Gasteiger partial charge is 0.486 e. The molecule has 0 saturated carbocycles. The Morgan fingerprint density at radius 1 is 0.943 bits per heavy atom. The van der Waals surface area contributed by atoms with Gasteiger partial charge in [0.2, 0.25) is 10.0 Å². The molecule has 0 aliphatic carbocycles. The maximum Gasteiger partial charge on any atom is 0.338 e. The van der Waals surface area contributed by atoms with E-state index in [1.54, 1.807) is 30.3 Å². The predicted octanol–water partition coefficient (Wildman–Crippen LogP) is 3.12. The highest BCUT2D eigenvalue weighted by Crippen LogP contribution is 2.32. The topological polar surface area (TPSA) is 120 Å². The van der Waals surface area contributed by atoms with Crippen LogP contribution in [-0.4, -0.2) is 39.6 Å². The summed E-state index contributed by atoms with van der Waals surface area (Å²) in [7, 11) is -3.87. The number of hydrogen-bond acceptors (Lipinski definition) is 7. The lowest BCUT2D eigenvalue weighted by atomic mass is 10.2. The lowest BCUT2D eigenvalue weighted by Crippen LogP contribution is -2.30. The van der Waals surface area contributed by atoms with Gasteiger partial charge in [0.25, 0.3) is 5.91 Å². The third kappa shape index (κ3) is 6.17. The quantitative estimate of drug-likeness (QED) is 0.460. The minimum Gasteiger partial charge on any atom is -0.486 e. The van der Waals surface area contributed by atoms with E-state index in [1.165, 1.54) is 31.2 Å². The van der Waals surface area contributed by atoms with Crippen LogP contribution in [0.1, 0.15) is 22.8 Å². The molecule has 1 amide bonds. The molecule has 182 valence electrons. The summed E-state index contributed by atoms with van der Waals surface area (Å²) >= 11 is 0. The monoisotopic (exact) mass is 496 g/mol. The summed E-state index contributed by atoms with van der Waals surface area (Å²) in [5.41, 5.74) is 1.26. The van der Waals surface area contributed by atoms with E-state index in [4.69, 9.17) is 14.2 Å². The normalized spacial score (nSPS) is 13.5. The van der Waals surface area contributed by atoms with Crippen LogP contribution in [-0.2, 0) is 26.1 Å². The average Bonchev–Trinajstić information content (AvgIpc) is 2.88. The number of sulfonamides is 1. The van der Waals surface area contributed by atoms with Crippen molar-refractivity contribution in [2.75, 3.05) is 18.5 Å². The molecule has 0 radical (unpaired) electrons. The molecule has 9 nitrogen and oxygen atoms in total. The summed E-state index contributed by atoms with van der Waals surface area (Å²) in [5, 5.41) is 2.66. The first kappa shape index (κ1) is 24.2. The maximum atomic E-state index is 12.7. The van der Waals surface area contributed by atoms with Crippen LogP contribution >= 0.6 is 0 Å². The molecule has 1 aliphatic heterocycles. The van der Waals surface area contributed by atoms with Crippen molar-refractivity contribution in [1.29, 1.82) is 0 Å². The van der Waals surface area contributed by atoms with Crippen molar-refractivity contribution in [3.8, 4) is 11.5 Å². The Balaban J connectivity index is 1.37. The molecule has 4 rings (SSSR count). The van der Waals surface area contributed by atoms with Gasteiger partial charge in [-0.05, 0) is 42.8 Å². The Morgan fingerprint density at radius 3 is 2.46 bits per heavy atom. The Labute approximate surface area is 203 Å². The number of esters is 1. The average molecular weight is 497 g/mol. The molecular weight excluding hydrogens is 472 g/mol. The van der Waals surface area contributed by atoms with Crippen LogP contribution in [0.25, 0.3) is 0 Å².